The number of alkyl halides is 2. The van der Waals surface area contributed by atoms with Crippen molar-refractivity contribution in [1.29, 1.82) is 0 Å². The van der Waals surface area contributed by atoms with Crippen molar-refractivity contribution in [1.82, 2.24) is 5.32 Å². The molecule has 0 saturated heterocycles. The molecule has 148 valence electrons. The summed E-state index contributed by atoms with van der Waals surface area (Å²) in [4.78, 5) is 35.2. The fourth-order valence-electron chi connectivity index (χ4n) is 2.03. The molecule has 2 amide bonds. The number of benzene rings is 2. The van der Waals surface area contributed by atoms with E-state index in [0.717, 1.165) is 12.1 Å². The minimum absolute atomic E-state index is 0.00482. The molecule has 0 aliphatic heterocycles. The van der Waals surface area contributed by atoms with E-state index in [9.17, 15) is 27.6 Å². The van der Waals surface area contributed by atoms with Gasteiger partial charge in [0.05, 0.1) is 0 Å². The van der Waals surface area contributed by atoms with Crippen LogP contribution in [-0.4, -0.2) is 37.5 Å². The molecule has 2 aromatic carbocycles. The second-order valence-corrected chi connectivity index (χ2v) is 5.31. The van der Waals surface area contributed by atoms with Gasteiger partial charge in [0.25, 0.3) is 11.8 Å². The van der Waals surface area contributed by atoms with Gasteiger partial charge < -0.3 is 20.1 Å². The highest BCUT2D eigenvalue weighted by Gasteiger charge is 2.13. The van der Waals surface area contributed by atoms with Crippen molar-refractivity contribution in [2.24, 2.45) is 0 Å². The van der Waals surface area contributed by atoms with Gasteiger partial charge in [-0.3, -0.25) is 14.4 Å². The summed E-state index contributed by atoms with van der Waals surface area (Å²) in [5.41, 5.74) is 0.190. The maximum Gasteiger partial charge on any atom is 0.387 e. The van der Waals surface area contributed by atoms with Gasteiger partial charge in [-0.1, -0.05) is 12.1 Å². The lowest BCUT2D eigenvalue weighted by Crippen LogP contribution is -2.32. The smallest absolute Gasteiger partial charge is 0.387 e. The Labute approximate surface area is 157 Å². The first-order valence-electron chi connectivity index (χ1n) is 7.87. The molecule has 7 nitrogen and oxygen atoms in total. The zero-order chi connectivity index (χ0) is 20.5. The largest absolute Gasteiger partial charge is 0.454 e. The van der Waals surface area contributed by atoms with Crippen LogP contribution in [0.1, 0.15) is 10.4 Å². The van der Waals surface area contributed by atoms with Crippen molar-refractivity contribution in [2.45, 2.75) is 6.61 Å². The summed E-state index contributed by atoms with van der Waals surface area (Å²) in [5, 5.41) is 4.55. The van der Waals surface area contributed by atoms with E-state index in [1.807, 2.05) is 0 Å². The number of rotatable bonds is 8. The average Bonchev–Trinajstić information content (AvgIpc) is 2.64. The van der Waals surface area contributed by atoms with E-state index in [0.29, 0.717) is 0 Å². The number of hydrogen-bond donors (Lipinski definition) is 2. The molecule has 0 bridgehead atoms. The number of halogens is 3. The van der Waals surface area contributed by atoms with Crippen molar-refractivity contribution in [2.75, 3.05) is 18.5 Å². The van der Waals surface area contributed by atoms with Crippen LogP contribution in [0.15, 0.2) is 48.5 Å². The minimum Gasteiger partial charge on any atom is -0.454 e. The third kappa shape index (κ3) is 6.98. The maximum absolute atomic E-state index is 13.0. The predicted octanol–water partition coefficient (Wildman–Crippen LogP) is 2.34. The van der Waals surface area contributed by atoms with Crippen molar-refractivity contribution >= 4 is 23.5 Å². The van der Waals surface area contributed by atoms with Gasteiger partial charge in [0.1, 0.15) is 18.1 Å². The van der Waals surface area contributed by atoms with Crippen LogP contribution >= 0.6 is 0 Å². The van der Waals surface area contributed by atoms with Crippen LogP contribution in [0.5, 0.6) is 5.75 Å². The lowest BCUT2D eigenvalue weighted by Gasteiger charge is -2.09. The van der Waals surface area contributed by atoms with Gasteiger partial charge in [-0.25, -0.2) is 4.39 Å². The van der Waals surface area contributed by atoms with Gasteiger partial charge >= 0.3 is 12.6 Å². The molecule has 28 heavy (non-hydrogen) atoms. The molecule has 10 heteroatoms. The number of carbonyl (C=O) groups excluding carboxylic acids is 3. The van der Waals surface area contributed by atoms with Gasteiger partial charge in [-0.05, 0) is 36.4 Å². The lowest BCUT2D eigenvalue weighted by molar-refractivity contribution is -0.146. The van der Waals surface area contributed by atoms with Crippen LogP contribution in [0.25, 0.3) is 0 Å². The fourth-order valence-corrected chi connectivity index (χ4v) is 2.03. The number of amides is 2. The quantitative estimate of drug-likeness (QED) is 0.668. The Hall–Kier alpha value is -3.56. The second-order valence-electron chi connectivity index (χ2n) is 5.31. The molecule has 0 radical (unpaired) electrons. The van der Waals surface area contributed by atoms with Crippen molar-refractivity contribution in [3.63, 3.8) is 0 Å². The number of esters is 1. The van der Waals surface area contributed by atoms with E-state index in [-0.39, 0.29) is 17.0 Å². The van der Waals surface area contributed by atoms with Crippen LogP contribution in [0.2, 0.25) is 0 Å². The number of hydrogen-bond acceptors (Lipinski definition) is 5. The molecule has 0 aliphatic carbocycles. The van der Waals surface area contributed by atoms with E-state index in [4.69, 9.17) is 0 Å². The molecule has 0 unspecified atom stereocenters. The summed E-state index contributed by atoms with van der Waals surface area (Å²) in [6, 6.07) is 10.1. The highest BCUT2D eigenvalue weighted by Crippen LogP contribution is 2.15. The predicted molar refractivity (Wildman–Crippen MR) is 91.4 cm³/mol. The zero-order valence-electron chi connectivity index (χ0n) is 14.3. The monoisotopic (exact) mass is 396 g/mol. The molecule has 0 heterocycles. The average molecular weight is 396 g/mol. The number of ether oxygens (including phenoxy) is 2. The summed E-state index contributed by atoms with van der Waals surface area (Å²) in [7, 11) is 0. The molecular formula is C18H15F3N2O5. The van der Waals surface area contributed by atoms with Gasteiger partial charge in [0.2, 0.25) is 0 Å². The zero-order valence-corrected chi connectivity index (χ0v) is 14.3. The summed E-state index contributed by atoms with van der Waals surface area (Å²) >= 11 is 0. The van der Waals surface area contributed by atoms with Crippen LogP contribution in [-0.2, 0) is 14.3 Å². The molecule has 2 N–H and O–H groups in total. The Kier molecular flexibility index (Phi) is 7.37. The molecular weight excluding hydrogens is 381 g/mol. The third-order valence-electron chi connectivity index (χ3n) is 3.19. The van der Waals surface area contributed by atoms with Crippen LogP contribution in [0.3, 0.4) is 0 Å². The summed E-state index contributed by atoms with van der Waals surface area (Å²) in [6.07, 6.45) is 0. The van der Waals surface area contributed by atoms with E-state index in [1.165, 1.54) is 36.4 Å². The van der Waals surface area contributed by atoms with Crippen LogP contribution in [0, 0.1) is 5.82 Å². The number of carbonyl (C=O) groups is 3. The van der Waals surface area contributed by atoms with Gasteiger partial charge in [0.15, 0.2) is 6.61 Å². The second kappa shape index (κ2) is 9.95. The van der Waals surface area contributed by atoms with E-state index < -0.39 is 43.4 Å². The third-order valence-corrected chi connectivity index (χ3v) is 3.19. The summed E-state index contributed by atoms with van der Waals surface area (Å²) in [6.45, 7) is -4.22. The maximum atomic E-state index is 13.0. The number of anilines is 1. The Morgan fingerprint density at radius 3 is 2.50 bits per heavy atom. The first kappa shape index (κ1) is 20.7. The standard InChI is InChI=1S/C18H15F3N2O5/c19-12-4-2-5-13(8-12)23-15(24)10-27-16(25)9-22-17(26)11-3-1-6-14(7-11)28-18(20)21/h1-8,18H,9-10H2,(H,22,26)(H,23,24). The van der Waals surface area contributed by atoms with Crippen molar-refractivity contribution in [3.05, 3.63) is 59.9 Å². The SMILES string of the molecule is O=C(COC(=O)CNC(=O)c1cccc(OC(F)F)c1)Nc1cccc(F)c1. The minimum atomic E-state index is -3.04. The van der Waals surface area contributed by atoms with Crippen molar-refractivity contribution in [3.8, 4) is 5.75 Å². The highest BCUT2D eigenvalue weighted by molar-refractivity contribution is 5.97. The Morgan fingerprint density at radius 1 is 1.04 bits per heavy atom. The lowest BCUT2D eigenvalue weighted by atomic mass is 10.2. The van der Waals surface area contributed by atoms with Gasteiger partial charge in [0, 0.05) is 11.3 Å². The highest BCUT2D eigenvalue weighted by atomic mass is 19.3. The molecule has 2 aromatic rings. The molecule has 0 saturated carbocycles. The Bertz CT molecular complexity index is 861. The molecule has 0 atom stereocenters. The first-order chi connectivity index (χ1) is 13.3. The fraction of sp³-hybridized carbons (Fsp3) is 0.167. The van der Waals surface area contributed by atoms with Crippen molar-refractivity contribution < 1.29 is 37.0 Å². The van der Waals surface area contributed by atoms with Gasteiger partial charge in [-0.2, -0.15) is 8.78 Å². The Morgan fingerprint density at radius 2 is 1.79 bits per heavy atom. The summed E-state index contributed by atoms with van der Waals surface area (Å²) < 4.78 is 46.2. The Balaban J connectivity index is 1.76. The molecule has 0 aliphatic rings. The number of nitrogens with one attached hydrogen (secondary N) is 2. The van der Waals surface area contributed by atoms with E-state index in [1.54, 1.807) is 0 Å². The summed E-state index contributed by atoms with van der Waals surface area (Å²) in [5.74, 6) is -3.06. The molecule has 0 spiro atoms. The topological polar surface area (TPSA) is 93.7 Å². The normalized spacial score (nSPS) is 10.3. The van der Waals surface area contributed by atoms with Crippen LogP contribution < -0.4 is 15.4 Å². The molecule has 0 aromatic heterocycles. The van der Waals surface area contributed by atoms with E-state index >= 15 is 0 Å². The van der Waals surface area contributed by atoms with Crippen LogP contribution in [0.4, 0.5) is 18.9 Å². The van der Waals surface area contributed by atoms with E-state index in [2.05, 4.69) is 20.1 Å². The molecule has 0 fully saturated rings. The van der Waals surface area contributed by atoms with Gasteiger partial charge in [-0.15, -0.1) is 0 Å². The first-order valence-corrected chi connectivity index (χ1v) is 7.87. The molecule has 2 rings (SSSR count).